The van der Waals surface area contributed by atoms with Gasteiger partial charge in [0.05, 0.1) is 6.54 Å². The van der Waals surface area contributed by atoms with Crippen molar-refractivity contribution in [3.8, 4) is 5.75 Å². The van der Waals surface area contributed by atoms with E-state index in [0.29, 0.717) is 17.3 Å². The Kier molecular flexibility index (Phi) is 4.38. The fourth-order valence-corrected chi connectivity index (χ4v) is 2.78. The quantitative estimate of drug-likeness (QED) is 0.658. The number of rotatable bonds is 4. The molecule has 0 aliphatic carbocycles. The number of imidazole rings is 1. The highest BCUT2D eigenvalue weighted by molar-refractivity contribution is 6.30. The Labute approximate surface area is 146 Å². The molecular formula is C15H14Cl2N4O3. The second kappa shape index (κ2) is 6.33. The number of aryl methyl sites for hydroxylation is 1. The SMILES string of the molecule is Cn1c(=O)c2c(nc(Cl)n2CCOc2ccc(Cl)cc2)n(C)c1=O. The van der Waals surface area contributed by atoms with Crippen molar-refractivity contribution in [2.24, 2.45) is 14.1 Å². The summed E-state index contributed by atoms with van der Waals surface area (Å²) in [6.07, 6.45) is 0. The van der Waals surface area contributed by atoms with Crippen LogP contribution in [-0.2, 0) is 20.6 Å². The number of aromatic nitrogens is 4. The van der Waals surface area contributed by atoms with Crippen molar-refractivity contribution in [3.63, 3.8) is 0 Å². The molecular weight excluding hydrogens is 355 g/mol. The monoisotopic (exact) mass is 368 g/mol. The molecule has 9 heteroatoms. The lowest BCUT2D eigenvalue weighted by atomic mass is 10.3. The Hall–Kier alpha value is -2.25. The first kappa shape index (κ1) is 16.6. The highest BCUT2D eigenvalue weighted by Gasteiger charge is 2.17. The lowest BCUT2D eigenvalue weighted by Gasteiger charge is -2.09. The van der Waals surface area contributed by atoms with E-state index in [1.54, 1.807) is 31.3 Å². The molecule has 0 fully saturated rings. The van der Waals surface area contributed by atoms with Gasteiger partial charge in [-0.3, -0.25) is 13.9 Å². The van der Waals surface area contributed by atoms with E-state index >= 15 is 0 Å². The van der Waals surface area contributed by atoms with Crippen LogP contribution < -0.4 is 16.0 Å². The van der Waals surface area contributed by atoms with Crippen LogP contribution in [0.5, 0.6) is 5.75 Å². The summed E-state index contributed by atoms with van der Waals surface area (Å²) in [4.78, 5) is 28.4. The van der Waals surface area contributed by atoms with E-state index in [1.165, 1.54) is 16.2 Å². The molecule has 3 aromatic rings. The van der Waals surface area contributed by atoms with Gasteiger partial charge >= 0.3 is 5.69 Å². The molecule has 0 aliphatic heterocycles. The molecule has 0 bridgehead atoms. The Morgan fingerprint density at radius 1 is 1.08 bits per heavy atom. The van der Waals surface area contributed by atoms with Gasteiger partial charge in [-0.1, -0.05) is 11.6 Å². The van der Waals surface area contributed by atoms with Crippen molar-refractivity contribution < 1.29 is 4.74 Å². The number of halogens is 2. The first-order valence-electron chi connectivity index (χ1n) is 7.10. The molecule has 1 aromatic carbocycles. The summed E-state index contributed by atoms with van der Waals surface area (Å²) in [6, 6.07) is 6.95. The standard InChI is InChI=1S/C15H14Cl2N4O3/c1-19-12-11(13(22)20(2)15(19)23)21(14(17)18-12)7-8-24-10-5-3-9(16)4-6-10/h3-6H,7-8H2,1-2H3. The van der Waals surface area contributed by atoms with Crippen LogP contribution in [0.4, 0.5) is 0 Å². The predicted molar refractivity (Wildman–Crippen MR) is 92.2 cm³/mol. The third-order valence-electron chi connectivity index (χ3n) is 3.70. The van der Waals surface area contributed by atoms with Gasteiger partial charge in [0.2, 0.25) is 5.28 Å². The van der Waals surface area contributed by atoms with Crippen molar-refractivity contribution in [2.75, 3.05) is 6.61 Å². The zero-order chi connectivity index (χ0) is 17.4. The van der Waals surface area contributed by atoms with E-state index in [2.05, 4.69) is 4.98 Å². The molecule has 0 atom stereocenters. The average Bonchev–Trinajstić information content (AvgIpc) is 2.90. The molecule has 2 heterocycles. The van der Waals surface area contributed by atoms with Crippen LogP contribution in [0, 0.1) is 0 Å². The van der Waals surface area contributed by atoms with Crippen molar-refractivity contribution >= 4 is 34.4 Å². The number of benzene rings is 1. The minimum atomic E-state index is -0.453. The summed E-state index contributed by atoms with van der Waals surface area (Å²) in [5, 5.41) is 0.749. The summed E-state index contributed by atoms with van der Waals surface area (Å²) in [5.74, 6) is 0.653. The third kappa shape index (κ3) is 2.81. The Morgan fingerprint density at radius 3 is 2.42 bits per heavy atom. The second-order valence-corrected chi connectivity index (χ2v) is 5.99. The van der Waals surface area contributed by atoms with Crippen molar-refractivity contribution in [2.45, 2.75) is 6.54 Å². The van der Waals surface area contributed by atoms with E-state index in [-0.39, 0.29) is 23.1 Å². The van der Waals surface area contributed by atoms with Gasteiger partial charge in [0.1, 0.15) is 12.4 Å². The van der Waals surface area contributed by atoms with Gasteiger partial charge in [0.15, 0.2) is 11.2 Å². The minimum Gasteiger partial charge on any atom is -0.492 e. The molecule has 3 rings (SSSR count). The highest BCUT2D eigenvalue weighted by atomic mass is 35.5. The first-order valence-corrected chi connectivity index (χ1v) is 7.86. The van der Waals surface area contributed by atoms with Crippen LogP contribution in [0.3, 0.4) is 0 Å². The second-order valence-electron chi connectivity index (χ2n) is 5.21. The molecule has 0 unspecified atom stereocenters. The zero-order valence-electron chi connectivity index (χ0n) is 13.0. The Bertz CT molecular complexity index is 1020. The van der Waals surface area contributed by atoms with Gasteiger partial charge in [-0.05, 0) is 35.9 Å². The van der Waals surface area contributed by atoms with Crippen LogP contribution in [0.1, 0.15) is 0 Å². The van der Waals surface area contributed by atoms with E-state index in [4.69, 9.17) is 27.9 Å². The Morgan fingerprint density at radius 2 is 1.75 bits per heavy atom. The van der Waals surface area contributed by atoms with Gasteiger partial charge in [-0.25, -0.2) is 4.79 Å². The summed E-state index contributed by atoms with van der Waals surface area (Å²) in [5.41, 5.74) is -0.380. The molecule has 2 aromatic heterocycles. The van der Waals surface area contributed by atoms with Crippen molar-refractivity contribution in [3.05, 3.63) is 55.4 Å². The lowest BCUT2D eigenvalue weighted by Crippen LogP contribution is -2.37. The van der Waals surface area contributed by atoms with E-state index in [9.17, 15) is 9.59 Å². The molecule has 126 valence electrons. The van der Waals surface area contributed by atoms with Crippen LogP contribution in [0.25, 0.3) is 11.2 Å². The number of ether oxygens (including phenoxy) is 1. The summed E-state index contributed by atoms with van der Waals surface area (Å²) in [7, 11) is 2.96. The largest absolute Gasteiger partial charge is 0.492 e. The number of fused-ring (bicyclic) bond motifs is 1. The molecule has 0 saturated heterocycles. The lowest BCUT2D eigenvalue weighted by molar-refractivity contribution is 0.300. The third-order valence-corrected chi connectivity index (χ3v) is 4.24. The van der Waals surface area contributed by atoms with Gasteiger partial charge < -0.3 is 9.30 Å². The van der Waals surface area contributed by atoms with Crippen LogP contribution in [0.2, 0.25) is 10.3 Å². The fourth-order valence-electron chi connectivity index (χ4n) is 2.41. The summed E-state index contributed by atoms with van der Waals surface area (Å²) in [6.45, 7) is 0.588. The average molecular weight is 369 g/mol. The van der Waals surface area contributed by atoms with Crippen LogP contribution in [-0.4, -0.2) is 25.3 Å². The van der Waals surface area contributed by atoms with Gasteiger partial charge in [-0.2, -0.15) is 4.98 Å². The normalized spacial score (nSPS) is 11.2. The topological polar surface area (TPSA) is 71.0 Å². The van der Waals surface area contributed by atoms with E-state index in [0.717, 1.165) is 4.57 Å². The van der Waals surface area contributed by atoms with Crippen molar-refractivity contribution in [1.29, 1.82) is 0 Å². The summed E-state index contributed by atoms with van der Waals surface area (Å²) >= 11 is 12.0. The van der Waals surface area contributed by atoms with Gasteiger partial charge in [-0.15, -0.1) is 0 Å². The maximum absolute atomic E-state index is 12.4. The molecule has 0 aliphatic rings. The molecule has 7 nitrogen and oxygen atoms in total. The van der Waals surface area contributed by atoms with Crippen LogP contribution >= 0.6 is 23.2 Å². The zero-order valence-corrected chi connectivity index (χ0v) is 14.5. The number of nitrogens with zero attached hydrogens (tertiary/aromatic N) is 4. The fraction of sp³-hybridized carbons (Fsp3) is 0.267. The molecule has 24 heavy (non-hydrogen) atoms. The summed E-state index contributed by atoms with van der Waals surface area (Å²) < 4.78 is 9.47. The van der Waals surface area contributed by atoms with Crippen LogP contribution in [0.15, 0.2) is 33.9 Å². The molecule has 0 N–H and O–H groups in total. The highest BCUT2D eigenvalue weighted by Crippen LogP contribution is 2.17. The molecule has 0 amide bonds. The number of hydrogen-bond acceptors (Lipinski definition) is 4. The van der Waals surface area contributed by atoms with E-state index in [1.807, 2.05) is 0 Å². The molecule has 0 saturated carbocycles. The smallest absolute Gasteiger partial charge is 0.332 e. The van der Waals surface area contributed by atoms with E-state index < -0.39 is 11.2 Å². The molecule has 0 radical (unpaired) electrons. The molecule has 0 spiro atoms. The maximum Gasteiger partial charge on any atom is 0.332 e. The maximum atomic E-state index is 12.4. The Balaban J connectivity index is 1.92. The van der Waals surface area contributed by atoms with Gasteiger partial charge in [0.25, 0.3) is 5.56 Å². The predicted octanol–water partition coefficient (Wildman–Crippen LogP) is 1.82. The minimum absolute atomic E-state index is 0.128. The van der Waals surface area contributed by atoms with Crippen molar-refractivity contribution in [1.82, 2.24) is 18.7 Å². The number of hydrogen-bond donors (Lipinski definition) is 0. The first-order chi connectivity index (χ1) is 11.4. The van der Waals surface area contributed by atoms with Gasteiger partial charge in [0, 0.05) is 19.1 Å².